The molecule has 0 radical (unpaired) electrons. The van der Waals surface area contributed by atoms with Crippen molar-refractivity contribution in [3.8, 4) is 5.75 Å². The molecular weight excluding hydrogens is 264 g/mol. The number of carbonyl (C=O) groups excluding carboxylic acids is 1. The van der Waals surface area contributed by atoms with E-state index in [-0.39, 0.29) is 11.9 Å². The van der Waals surface area contributed by atoms with Gasteiger partial charge in [-0.05, 0) is 25.0 Å². The molecule has 1 atom stereocenters. The standard InChI is InChI=1S/C14H21ClN2O2/c1-9(2)8-16-14(18)10(3)17-13-7-11(19-4)5-6-12(13)15/h5-7,9-10,17H,8H2,1-4H3,(H,16,18). The second-order valence-corrected chi connectivity index (χ2v) is 5.26. The molecule has 1 aromatic rings. The van der Waals surface area contributed by atoms with Crippen LogP contribution in [-0.4, -0.2) is 25.6 Å². The summed E-state index contributed by atoms with van der Waals surface area (Å²) >= 11 is 6.08. The van der Waals surface area contributed by atoms with Gasteiger partial charge in [0.05, 0.1) is 17.8 Å². The minimum atomic E-state index is -0.358. The molecule has 19 heavy (non-hydrogen) atoms. The van der Waals surface area contributed by atoms with Crippen LogP contribution in [0.3, 0.4) is 0 Å². The lowest BCUT2D eigenvalue weighted by Gasteiger charge is -2.17. The molecule has 4 nitrogen and oxygen atoms in total. The molecule has 1 unspecified atom stereocenters. The monoisotopic (exact) mass is 284 g/mol. The summed E-state index contributed by atoms with van der Waals surface area (Å²) in [7, 11) is 1.59. The summed E-state index contributed by atoms with van der Waals surface area (Å²) in [5.74, 6) is 1.07. The fourth-order valence-electron chi connectivity index (χ4n) is 1.50. The first kappa shape index (κ1) is 15.6. The van der Waals surface area contributed by atoms with E-state index < -0.39 is 0 Å². The molecule has 0 fully saturated rings. The summed E-state index contributed by atoms with van der Waals surface area (Å²) in [6.07, 6.45) is 0. The molecule has 0 saturated heterocycles. The third kappa shape index (κ3) is 4.99. The summed E-state index contributed by atoms with van der Waals surface area (Å²) in [5.41, 5.74) is 0.688. The van der Waals surface area contributed by atoms with Crippen molar-refractivity contribution in [1.82, 2.24) is 5.32 Å². The van der Waals surface area contributed by atoms with Gasteiger partial charge in [-0.25, -0.2) is 0 Å². The number of hydrogen-bond donors (Lipinski definition) is 2. The van der Waals surface area contributed by atoms with Gasteiger partial charge in [0.1, 0.15) is 11.8 Å². The Bertz CT molecular complexity index is 435. The maximum atomic E-state index is 11.9. The van der Waals surface area contributed by atoms with E-state index in [4.69, 9.17) is 16.3 Å². The van der Waals surface area contributed by atoms with Gasteiger partial charge in [0.2, 0.25) is 5.91 Å². The summed E-state index contributed by atoms with van der Waals surface area (Å²) in [5, 5.41) is 6.52. The molecule has 1 rings (SSSR count). The Labute approximate surface area is 119 Å². The van der Waals surface area contributed by atoms with E-state index in [1.807, 2.05) is 0 Å². The average molecular weight is 285 g/mol. The van der Waals surface area contributed by atoms with E-state index in [9.17, 15) is 4.79 Å². The molecule has 0 heterocycles. The van der Waals surface area contributed by atoms with Crippen molar-refractivity contribution in [1.29, 1.82) is 0 Å². The van der Waals surface area contributed by atoms with Gasteiger partial charge in [0.15, 0.2) is 0 Å². The number of hydrogen-bond acceptors (Lipinski definition) is 3. The zero-order valence-corrected chi connectivity index (χ0v) is 12.5. The number of halogens is 1. The van der Waals surface area contributed by atoms with Gasteiger partial charge >= 0.3 is 0 Å². The number of carbonyl (C=O) groups is 1. The number of amides is 1. The number of benzene rings is 1. The van der Waals surface area contributed by atoms with Crippen LogP contribution in [0.4, 0.5) is 5.69 Å². The van der Waals surface area contributed by atoms with Crippen molar-refractivity contribution in [2.24, 2.45) is 5.92 Å². The Morgan fingerprint density at radius 3 is 2.63 bits per heavy atom. The van der Waals surface area contributed by atoms with Crippen molar-refractivity contribution < 1.29 is 9.53 Å². The van der Waals surface area contributed by atoms with Crippen molar-refractivity contribution >= 4 is 23.2 Å². The Hall–Kier alpha value is -1.42. The lowest BCUT2D eigenvalue weighted by molar-refractivity contribution is -0.121. The van der Waals surface area contributed by atoms with Gasteiger partial charge in [-0.1, -0.05) is 25.4 Å². The molecule has 0 saturated carbocycles. The zero-order chi connectivity index (χ0) is 14.4. The molecule has 1 aromatic carbocycles. The van der Waals surface area contributed by atoms with Crippen LogP contribution >= 0.6 is 11.6 Å². The van der Waals surface area contributed by atoms with Gasteiger partial charge in [0, 0.05) is 12.6 Å². The van der Waals surface area contributed by atoms with Crippen LogP contribution in [0.2, 0.25) is 5.02 Å². The predicted molar refractivity (Wildman–Crippen MR) is 78.9 cm³/mol. The highest BCUT2D eigenvalue weighted by Gasteiger charge is 2.14. The first-order valence-electron chi connectivity index (χ1n) is 6.31. The topological polar surface area (TPSA) is 50.4 Å². The Balaban J connectivity index is 2.65. The number of methoxy groups -OCH3 is 1. The van der Waals surface area contributed by atoms with Gasteiger partial charge < -0.3 is 15.4 Å². The molecule has 0 aromatic heterocycles. The average Bonchev–Trinajstić information content (AvgIpc) is 2.38. The molecule has 0 aliphatic carbocycles. The van der Waals surface area contributed by atoms with Crippen molar-refractivity contribution in [3.05, 3.63) is 23.2 Å². The molecular formula is C14H21ClN2O2. The zero-order valence-electron chi connectivity index (χ0n) is 11.8. The van der Waals surface area contributed by atoms with E-state index in [0.29, 0.717) is 28.9 Å². The molecule has 0 aliphatic heterocycles. The van der Waals surface area contributed by atoms with Gasteiger partial charge in [-0.2, -0.15) is 0 Å². The summed E-state index contributed by atoms with van der Waals surface area (Å²) in [6.45, 7) is 6.57. The van der Waals surface area contributed by atoms with Crippen LogP contribution in [0, 0.1) is 5.92 Å². The van der Waals surface area contributed by atoms with E-state index >= 15 is 0 Å². The van der Waals surface area contributed by atoms with Crippen LogP contribution in [0.5, 0.6) is 5.75 Å². The third-order valence-electron chi connectivity index (χ3n) is 2.62. The largest absolute Gasteiger partial charge is 0.497 e. The molecule has 0 aliphatic rings. The molecule has 106 valence electrons. The summed E-state index contributed by atoms with van der Waals surface area (Å²) in [4.78, 5) is 11.9. The molecule has 0 bridgehead atoms. The Kier molecular flexibility index (Phi) is 5.96. The maximum absolute atomic E-state index is 11.9. The molecule has 5 heteroatoms. The maximum Gasteiger partial charge on any atom is 0.242 e. The number of anilines is 1. The Morgan fingerprint density at radius 1 is 1.37 bits per heavy atom. The third-order valence-corrected chi connectivity index (χ3v) is 2.95. The van der Waals surface area contributed by atoms with Gasteiger partial charge in [-0.15, -0.1) is 0 Å². The molecule has 0 spiro atoms. The van der Waals surface area contributed by atoms with Gasteiger partial charge in [-0.3, -0.25) is 4.79 Å². The molecule has 1 amide bonds. The highest BCUT2D eigenvalue weighted by atomic mass is 35.5. The van der Waals surface area contributed by atoms with Crippen molar-refractivity contribution in [3.63, 3.8) is 0 Å². The smallest absolute Gasteiger partial charge is 0.242 e. The SMILES string of the molecule is COc1ccc(Cl)c(NC(C)C(=O)NCC(C)C)c1. The van der Waals surface area contributed by atoms with Crippen molar-refractivity contribution in [2.45, 2.75) is 26.8 Å². The first-order valence-corrected chi connectivity index (χ1v) is 6.69. The van der Waals surface area contributed by atoms with E-state index in [1.165, 1.54) is 0 Å². The lowest BCUT2D eigenvalue weighted by Crippen LogP contribution is -2.39. The van der Waals surface area contributed by atoms with E-state index in [2.05, 4.69) is 24.5 Å². The second kappa shape index (κ2) is 7.24. The Morgan fingerprint density at radius 2 is 2.05 bits per heavy atom. The minimum absolute atomic E-state index is 0.0485. The fourth-order valence-corrected chi connectivity index (χ4v) is 1.67. The first-order chi connectivity index (χ1) is 8.93. The quantitative estimate of drug-likeness (QED) is 0.844. The number of nitrogens with one attached hydrogen (secondary N) is 2. The molecule has 2 N–H and O–H groups in total. The minimum Gasteiger partial charge on any atom is -0.497 e. The number of ether oxygens (including phenoxy) is 1. The summed E-state index contributed by atoms with van der Waals surface area (Å²) < 4.78 is 5.13. The highest BCUT2D eigenvalue weighted by molar-refractivity contribution is 6.33. The predicted octanol–water partition coefficient (Wildman–Crippen LogP) is 2.92. The van der Waals surface area contributed by atoms with Crippen LogP contribution in [-0.2, 0) is 4.79 Å². The van der Waals surface area contributed by atoms with E-state index in [1.54, 1.807) is 32.2 Å². The number of rotatable bonds is 6. The fraction of sp³-hybridized carbons (Fsp3) is 0.500. The van der Waals surface area contributed by atoms with Crippen molar-refractivity contribution in [2.75, 3.05) is 19.0 Å². The van der Waals surface area contributed by atoms with Crippen LogP contribution in [0.15, 0.2) is 18.2 Å². The van der Waals surface area contributed by atoms with Gasteiger partial charge in [0.25, 0.3) is 0 Å². The van der Waals surface area contributed by atoms with E-state index in [0.717, 1.165) is 0 Å². The van der Waals surface area contributed by atoms with Crippen LogP contribution < -0.4 is 15.4 Å². The van der Waals surface area contributed by atoms with Crippen LogP contribution in [0.25, 0.3) is 0 Å². The second-order valence-electron chi connectivity index (χ2n) is 4.85. The normalized spacial score (nSPS) is 12.1. The lowest BCUT2D eigenvalue weighted by atomic mass is 10.2. The highest BCUT2D eigenvalue weighted by Crippen LogP contribution is 2.27. The summed E-state index contributed by atoms with van der Waals surface area (Å²) in [6, 6.07) is 4.93. The van der Waals surface area contributed by atoms with Crippen LogP contribution in [0.1, 0.15) is 20.8 Å².